The van der Waals surface area contributed by atoms with Crippen LogP contribution in [-0.4, -0.2) is 77.4 Å². The van der Waals surface area contributed by atoms with Gasteiger partial charge in [0.15, 0.2) is 0 Å². The Morgan fingerprint density at radius 1 is 1.15 bits per heavy atom. The number of nitrogens with one attached hydrogen (secondary N) is 3. The van der Waals surface area contributed by atoms with Crippen LogP contribution in [0, 0.1) is 11.8 Å². The molecule has 2 aliphatic rings. The highest BCUT2D eigenvalue weighted by molar-refractivity contribution is 5.96. The highest BCUT2D eigenvalue weighted by Gasteiger charge is 2.30. The van der Waals surface area contributed by atoms with E-state index in [9.17, 15) is 24.3 Å². The predicted octanol–water partition coefficient (Wildman–Crippen LogP) is 0.399. The lowest BCUT2D eigenvalue weighted by molar-refractivity contribution is -0.139. The molecular weight excluding hydrogens is 426 g/mol. The van der Waals surface area contributed by atoms with Crippen molar-refractivity contribution >= 4 is 23.7 Å². The van der Waals surface area contributed by atoms with E-state index in [1.54, 1.807) is 4.90 Å². The van der Waals surface area contributed by atoms with Gasteiger partial charge in [0.25, 0.3) is 5.91 Å². The highest BCUT2D eigenvalue weighted by Crippen LogP contribution is 2.21. The molecular formula is C23H33N5O5. The molecule has 0 saturated carbocycles. The molecule has 10 nitrogen and oxygen atoms in total. The Kier molecular flexibility index (Phi) is 9.17. The van der Waals surface area contributed by atoms with Crippen LogP contribution in [0.2, 0.25) is 0 Å². The van der Waals surface area contributed by atoms with E-state index in [1.807, 2.05) is 0 Å². The average Bonchev–Trinajstić information content (AvgIpc) is 2.85. The topological polar surface area (TPSA) is 141 Å². The molecule has 4 N–H and O–H groups in total. The van der Waals surface area contributed by atoms with Gasteiger partial charge in [0.05, 0.1) is 5.92 Å². The van der Waals surface area contributed by atoms with Crippen LogP contribution in [0.5, 0.6) is 0 Å². The lowest BCUT2D eigenvalue weighted by atomic mass is 9.92. The van der Waals surface area contributed by atoms with Gasteiger partial charge in [0.1, 0.15) is 6.04 Å². The van der Waals surface area contributed by atoms with Gasteiger partial charge in [-0.2, -0.15) is 0 Å². The molecule has 0 aliphatic carbocycles. The molecule has 0 aromatic carbocycles. The molecule has 1 aromatic heterocycles. The van der Waals surface area contributed by atoms with E-state index >= 15 is 0 Å². The Hall–Kier alpha value is -3.01. The fourth-order valence-corrected chi connectivity index (χ4v) is 4.37. The summed E-state index contributed by atoms with van der Waals surface area (Å²) in [5, 5.41) is 17.8. The maximum Gasteiger partial charge on any atom is 0.328 e. The number of pyridine rings is 1. The summed E-state index contributed by atoms with van der Waals surface area (Å²) in [6, 6.07) is 1.69. The van der Waals surface area contributed by atoms with Crippen LogP contribution in [-0.2, 0) is 14.4 Å². The smallest absolute Gasteiger partial charge is 0.328 e. The summed E-state index contributed by atoms with van der Waals surface area (Å²) in [5.41, 5.74) is 0.286. The Morgan fingerprint density at radius 2 is 1.88 bits per heavy atom. The molecule has 0 radical (unpaired) electrons. The number of nitrogens with zero attached hydrogens (tertiary/aromatic N) is 2. The molecule has 33 heavy (non-hydrogen) atoms. The first-order chi connectivity index (χ1) is 15.9. The zero-order valence-corrected chi connectivity index (χ0v) is 18.8. The van der Waals surface area contributed by atoms with Gasteiger partial charge < -0.3 is 26.0 Å². The SMILES string of the molecule is O=C(NC(CNC(=O)[C@@H]1CCCN(C(=O)CCC2CCNCC2)C1)C(=O)O)c1ccncc1. The quantitative estimate of drug-likeness (QED) is 0.419. The average molecular weight is 460 g/mol. The Bertz CT molecular complexity index is 828. The van der Waals surface area contributed by atoms with Crippen molar-refractivity contribution in [3.8, 4) is 0 Å². The van der Waals surface area contributed by atoms with Crippen molar-refractivity contribution in [3.63, 3.8) is 0 Å². The number of likely N-dealkylation sites (tertiary alicyclic amines) is 1. The van der Waals surface area contributed by atoms with Gasteiger partial charge in [0, 0.05) is 44.0 Å². The molecule has 3 rings (SSSR count). The number of carbonyl (C=O) groups excluding carboxylic acids is 3. The monoisotopic (exact) mass is 459 g/mol. The minimum Gasteiger partial charge on any atom is -0.480 e. The van der Waals surface area contributed by atoms with Gasteiger partial charge >= 0.3 is 5.97 Å². The number of amides is 3. The third-order valence-corrected chi connectivity index (χ3v) is 6.40. The van der Waals surface area contributed by atoms with Crippen molar-refractivity contribution in [1.29, 1.82) is 0 Å². The minimum absolute atomic E-state index is 0.0825. The van der Waals surface area contributed by atoms with Gasteiger partial charge in [-0.1, -0.05) is 0 Å². The first-order valence-electron chi connectivity index (χ1n) is 11.6. The summed E-state index contributed by atoms with van der Waals surface area (Å²) in [7, 11) is 0. The third-order valence-electron chi connectivity index (χ3n) is 6.40. The molecule has 2 atom stereocenters. The van der Waals surface area contributed by atoms with Crippen LogP contribution in [0.4, 0.5) is 0 Å². The van der Waals surface area contributed by atoms with E-state index in [0.29, 0.717) is 31.8 Å². The van der Waals surface area contributed by atoms with E-state index in [1.165, 1.54) is 24.5 Å². The number of hydrogen-bond donors (Lipinski definition) is 4. The summed E-state index contributed by atoms with van der Waals surface area (Å²) >= 11 is 0. The van der Waals surface area contributed by atoms with Crippen molar-refractivity contribution in [3.05, 3.63) is 30.1 Å². The number of piperidine rings is 2. The van der Waals surface area contributed by atoms with Crippen molar-refractivity contribution in [2.45, 2.75) is 44.6 Å². The zero-order valence-electron chi connectivity index (χ0n) is 18.8. The molecule has 2 fully saturated rings. The van der Waals surface area contributed by atoms with E-state index in [2.05, 4.69) is 20.9 Å². The Balaban J connectivity index is 1.45. The van der Waals surface area contributed by atoms with Crippen LogP contribution < -0.4 is 16.0 Å². The van der Waals surface area contributed by atoms with Crippen LogP contribution in [0.1, 0.15) is 48.9 Å². The van der Waals surface area contributed by atoms with Crippen molar-refractivity contribution in [2.24, 2.45) is 11.8 Å². The number of carboxylic acid groups (broad SMARTS) is 1. The van der Waals surface area contributed by atoms with Gasteiger partial charge in [-0.15, -0.1) is 0 Å². The molecule has 0 bridgehead atoms. The largest absolute Gasteiger partial charge is 0.480 e. The molecule has 180 valence electrons. The van der Waals surface area contributed by atoms with Crippen LogP contribution in [0.3, 0.4) is 0 Å². The fraction of sp³-hybridized carbons (Fsp3) is 0.609. The molecule has 2 aliphatic heterocycles. The minimum atomic E-state index is -1.26. The van der Waals surface area contributed by atoms with Crippen LogP contribution >= 0.6 is 0 Å². The number of hydrogen-bond acceptors (Lipinski definition) is 6. The summed E-state index contributed by atoms with van der Waals surface area (Å²) < 4.78 is 0. The van der Waals surface area contributed by atoms with Gasteiger partial charge in [0.2, 0.25) is 11.8 Å². The molecule has 1 aromatic rings. The second-order valence-electron chi connectivity index (χ2n) is 8.76. The first kappa shape index (κ1) is 24.6. The molecule has 10 heteroatoms. The molecule has 1 unspecified atom stereocenters. The van der Waals surface area contributed by atoms with E-state index in [-0.39, 0.29) is 29.8 Å². The molecule has 0 spiro atoms. The van der Waals surface area contributed by atoms with Gasteiger partial charge in [-0.25, -0.2) is 4.79 Å². The van der Waals surface area contributed by atoms with Crippen molar-refractivity contribution in [1.82, 2.24) is 25.8 Å². The van der Waals surface area contributed by atoms with E-state index in [0.717, 1.165) is 38.8 Å². The Morgan fingerprint density at radius 3 is 2.58 bits per heavy atom. The predicted molar refractivity (Wildman–Crippen MR) is 120 cm³/mol. The maximum absolute atomic E-state index is 12.7. The van der Waals surface area contributed by atoms with E-state index < -0.39 is 17.9 Å². The first-order valence-corrected chi connectivity index (χ1v) is 11.6. The number of carbonyl (C=O) groups is 4. The second-order valence-corrected chi connectivity index (χ2v) is 8.76. The second kappa shape index (κ2) is 12.3. The summed E-state index contributed by atoms with van der Waals surface area (Å²) in [5.74, 6) is -1.81. The zero-order chi connectivity index (χ0) is 23.6. The number of aromatic nitrogens is 1. The van der Waals surface area contributed by atoms with Crippen LogP contribution in [0.25, 0.3) is 0 Å². The summed E-state index contributed by atoms with van der Waals surface area (Å²) in [6.45, 7) is 2.77. The molecule has 3 amide bonds. The summed E-state index contributed by atoms with van der Waals surface area (Å²) in [6.07, 6.45) is 7.83. The van der Waals surface area contributed by atoms with Gasteiger partial charge in [-0.3, -0.25) is 19.4 Å². The highest BCUT2D eigenvalue weighted by atomic mass is 16.4. The standard InChI is InChI=1S/C23H33N5O5/c29-20(4-3-16-5-9-24-10-6-16)28-13-1-2-18(15-28)21(30)26-14-19(23(32)33)27-22(31)17-7-11-25-12-8-17/h7-8,11-12,16,18-19,24H,1-6,9-10,13-15H2,(H,26,30)(H,27,31)(H,32,33)/t18-,19?/m1/s1. The van der Waals surface area contributed by atoms with Crippen LogP contribution in [0.15, 0.2) is 24.5 Å². The third kappa shape index (κ3) is 7.52. The Labute approximate surface area is 193 Å². The number of aliphatic carboxylic acids is 1. The van der Waals surface area contributed by atoms with Crippen molar-refractivity contribution in [2.75, 3.05) is 32.7 Å². The van der Waals surface area contributed by atoms with E-state index in [4.69, 9.17) is 0 Å². The lowest BCUT2D eigenvalue weighted by Gasteiger charge is -2.33. The molecule has 3 heterocycles. The lowest BCUT2D eigenvalue weighted by Crippen LogP contribution is -2.51. The summed E-state index contributed by atoms with van der Waals surface area (Å²) in [4.78, 5) is 54.7. The maximum atomic E-state index is 12.7. The number of carboxylic acids is 1. The fourth-order valence-electron chi connectivity index (χ4n) is 4.37. The molecule has 2 saturated heterocycles. The number of rotatable bonds is 9. The normalized spacial score (nSPS) is 20.0. The van der Waals surface area contributed by atoms with Crippen molar-refractivity contribution < 1.29 is 24.3 Å². The van der Waals surface area contributed by atoms with Gasteiger partial charge in [-0.05, 0) is 63.2 Å².